The summed E-state index contributed by atoms with van der Waals surface area (Å²) in [7, 11) is 0. The minimum Gasteiger partial charge on any atom is -0.385 e. The molecule has 0 spiro atoms. The van der Waals surface area contributed by atoms with Crippen molar-refractivity contribution >= 4 is 120 Å². The van der Waals surface area contributed by atoms with Gasteiger partial charge in [0.05, 0.1) is 11.4 Å². The van der Waals surface area contributed by atoms with Crippen molar-refractivity contribution in [3.63, 3.8) is 0 Å². The summed E-state index contributed by atoms with van der Waals surface area (Å²) in [4.78, 5) is 0. The molecular weight excluding hydrogens is 1160 g/mol. The van der Waals surface area contributed by atoms with Crippen LogP contribution in [0.4, 0.5) is 22.7 Å². The summed E-state index contributed by atoms with van der Waals surface area (Å²) >= 11 is 0. The van der Waals surface area contributed by atoms with Crippen LogP contribution >= 0.6 is 0 Å². The van der Waals surface area contributed by atoms with Crippen molar-refractivity contribution in [3.8, 4) is 77.9 Å². The predicted molar refractivity (Wildman–Crippen MR) is 420 cm³/mol. The van der Waals surface area contributed by atoms with Crippen molar-refractivity contribution in [2.45, 2.75) is 98.7 Å². The Morgan fingerprint density at radius 1 is 0.281 bits per heavy atom. The van der Waals surface area contributed by atoms with E-state index < -0.39 is 0 Å². The molecule has 3 unspecified atom stereocenters. The Bertz CT molecular complexity index is 5550. The Morgan fingerprint density at radius 2 is 0.635 bits per heavy atom. The van der Waals surface area contributed by atoms with Crippen molar-refractivity contribution < 1.29 is 0 Å². The van der Waals surface area contributed by atoms with Crippen molar-refractivity contribution in [1.82, 2.24) is 0 Å². The summed E-state index contributed by atoms with van der Waals surface area (Å²) in [6.45, 7) is 17.8. The SMILES string of the molecule is CCCNc1ccc(-c2c3c(c(-c4ccc(NCCC)cc4)c4ccccc24)-c2ccc(-c4ccc5c6c(NC(C)CC)c7c8ccc(-c9ccc(-c%10ccc(C(N)CC)cc%10)c%10ccccc9%10)c9cccc(c7c(NC(C)CC)c6c6cccc4c65)c98)c4cccc-3c24)cc1. The van der Waals surface area contributed by atoms with Gasteiger partial charge in [0.1, 0.15) is 0 Å². The Balaban J connectivity index is 0.885. The van der Waals surface area contributed by atoms with Gasteiger partial charge < -0.3 is 27.0 Å². The van der Waals surface area contributed by atoms with E-state index in [0.717, 1.165) is 56.6 Å². The molecule has 1 aliphatic rings. The molecule has 5 heteroatoms. The monoisotopic (exact) mass is 1240 g/mol. The lowest BCUT2D eigenvalue weighted by atomic mass is 9.82. The van der Waals surface area contributed by atoms with Crippen LogP contribution in [-0.4, -0.2) is 25.2 Å². The summed E-state index contributed by atoms with van der Waals surface area (Å²) in [6.07, 6.45) is 5.02. The third kappa shape index (κ3) is 9.14. The molecule has 0 saturated heterocycles. The second-order valence-electron chi connectivity index (χ2n) is 27.2. The molecule has 6 N–H and O–H groups in total. The highest BCUT2D eigenvalue weighted by molar-refractivity contribution is 6.47. The zero-order valence-corrected chi connectivity index (χ0v) is 56.1. The first-order valence-electron chi connectivity index (χ1n) is 35.3. The maximum Gasteiger partial charge on any atom is 0.0516 e. The summed E-state index contributed by atoms with van der Waals surface area (Å²) in [5.41, 5.74) is 30.0. The van der Waals surface area contributed by atoms with Crippen LogP contribution in [0, 0.1) is 0 Å². The third-order valence-electron chi connectivity index (χ3n) is 21.6. The van der Waals surface area contributed by atoms with Crippen molar-refractivity contribution in [2.24, 2.45) is 5.73 Å². The minimum atomic E-state index is 0.0358. The van der Waals surface area contributed by atoms with Crippen LogP contribution < -0.4 is 27.0 Å². The molecule has 16 aromatic rings. The second-order valence-corrected chi connectivity index (χ2v) is 27.2. The van der Waals surface area contributed by atoms with Crippen molar-refractivity contribution in [3.05, 3.63) is 230 Å². The van der Waals surface area contributed by atoms with Crippen LogP contribution in [0.5, 0.6) is 0 Å². The second kappa shape index (κ2) is 23.8. The number of rotatable bonds is 19. The number of hydrogen-bond donors (Lipinski definition) is 5. The molecule has 0 heterocycles. The van der Waals surface area contributed by atoms with Crippen molar-refractivity contribution in [1.29, 1.82) is 0 Å². The Hall–Kier alpha value is -10.5. The van der Waals surface area contributed by atoms with Gasteiger partial charge in [-0.1, -0.05) is 235 Å². The lowest BCUT2D eigenvalue weighted by molar-refractivity contribution is 0.699. The maximum atomic E-state index is 6.49. The van der Waals surface area contributed by atoms with E-state index in [-0.39, 0.29) is 18.1 Å². The fourth-order valence-corrected chi connectivity index (χ4v) is 16.5. The molecule has 0 saturated carbocycles. The normalized spacial score (nSPS) is 13.2. The highest BCUT2D eigenvalue weighted by Crippen LogP contribution is 2.61. The lowest BCUT2D eigenvalue weighted by Gasteiger charge is -2.22. The van der Waals surface area contributed by atoms with Crippen molar-refractivity contribution in [2.75, 3.05) is 34.4 Å². The van der Waals surface area contributed by atoms with Crippen LogP contribution in [0.25, 0.3) is 175 Å². The molecule has 0 aromatic heterocycles. The quantitative estimate of drug-likeness (QED) is 0.0522. The van der Waals surface area contributed by atoms with E-state index in [1.807, 2.05) is 0 Å². The van der Waals surface area contributed by atoms with Crippen LogP contribution in [0.2, 0.25) is 0 Å². The van der Waals surface area contributed by atoms with Gasteiger partial charge in [0.15, 0.2) is 0 Å². The summed E-state index contributed by atoms with van der Waals surface area (Å²) in [5, 5.41) is 38.9. The van der Waals surface area contributed by atoms with Gasteiger partial charge in [0.25, 0.3) is 0 Å². The molecule has 0 radical (unpaired) electrons. The summed E-state index contributed by atoms with van der Waals surface area (Å²) in [5.74, 6) is 0. The van der Waals surface area contributed by atoms with E-state index in [4.69, 9.17) is 5.73 Å². The van der Waals surface area contributed by atoms with Gasteiger partial charge in [-0.2, -0.15) is 0 Å². The van der Waals surface area contributed by atoms with Crippen LogP contribution in [-0.2, 0) is 0 Å². The first kappa shape index (κ1) is 59.3. The predicted octanol–water partition coefficient (Wildman–Crippen LogP) is 25.4. The van der Waals surface area contributed by atoms with Crippen LogP contribution in [0.3, 0.4) is 0 Å². The van der Waals surface area contributed by atoms with E-state index in [9.17, 15) is 0 Å². The molecule has 16 aromatic carbocycles. The average molecular weight is 1240 g/mol. The first-order chi connectivity index (χ1) is 47.2. The van der Waals surface area contributed by atoms with E-state index in [2.05, 4.69) is 294 Å². The molecule has 470 valence electrons. The van der Waals surface area contributed by atoms with Gasteiger partial charge in [0, 0.05) is 64.1 Å². The first-order valence-corrected chi connectivity index (χ1v) is 35.3. The Kier molecular flexibility index (Phi) is 14.7. The van der Waals surface area contributed by atoms with Gasteiger partial charge in [-0.25, -0.2) is 0 Å². The molecule has 0 amide bonds. The highest BCUT2D eigenvalue weighted by Gasteiger charge is 2.33. The summed E-state index contributed by atoms with van der Waals surface area (Å²) < 4.78 is 0. The van der Waals surface area contributed by atoms with Crippen LogP contribution in [0.1, 0.15) is 92.2 Å². The molecule has 0 bridgehead atoms. The van der Waals surface area contributed by atoms with Gasteiger partial charge in [-0.05, 0) is 229 Å². The highest BCUT2D eigenvalue weighted by atomic mass is 14.9. The smallest absolute Gasteiger partial charge is 0.0516 e. The number of hydrogen-bond acceptors (Lipinski definition) is 5. The third-order valence-corrected chi connectivity index (χ3v) is 21.6. The molecular formula is C91H81N5. The number of nitrogens with two attached hydrogens (primary N) is 1. The molecule has 3 atom stereocenters. The maximum absolute atomic E-state index is 6.49. The van der Waals surface area contributed by atoms with Crippen LogP contribution in [0.15, 0.2) is 224 Å². The largest absolute Gasteiger partial charge is 0.385 e. The Morgan fingerprint density at radius 3 is 1.09 bits per heavy atom. The fraction of sp³-hybridized carbons (Fsp3) is 0.187. The zero-order chi connectivity index (χ0) is 65.0. The lowest BCUT2D eigenvalue weighted by Crippen LogP contribution is -2.16. The molecule has 5 nitrogen and oxygen atoms in total. The number of anilines is 4. The van der Waals surface area contributed by atoms with Gasteiger partial charge >= 0.3 is 0 Å². The van der Waals surface area contributed by atoms with E-state index >= 15 is 0 Å². The standard InChI is InChI=1S/C91H81N5/c1-8-50-93-58-38-34-56(35-39-58)79-70-22-15-16-23-71(70)80(57-36-40-59(41-37-57)94-51-9-2)85-75-47-44-65(68-24-17-27-72(81(68)75)84(79)85)66-46-49-77-83-69(66)26-19-29-74(83)87-89(77)91(96-53(7)11-4)88-76-48-45-64(67-25-18-28-73(82(67)76)86(88)90(87)95-52(6)10-3)63-43-42-60(61-20-13-14-21-62(61)63)54-30-32-55(33-31-54)78(92)12-5/h13-49,52-53,78,93-96H,8-12,50-51,92H2,1-7H3. The van der Waals surface area contributed by atoms with E-state index in [1.165, 1.54) is 192 Å². The number of nitrogens with one attached hydrogen (secondary N) is 4. The van der Waals surface area contributed by atoms with E-state index in [0.29, 0.717) is 0 Å². The number of fused-ring (bicyclic) bond motifs is 11. The molecule has 17 rings (SSSR count). The number of benzene rings is 14. The van der Waals surface area contributed by atoms with Gasteiger partial charge in [-0.15, -0.1) is 0 Å². The minimum absolute atomic E-state index is 0.0358. The molecule has 96 heavy (non-hydrogen) atoms. The Labute approximate surface area is 563 Å². The summed E-state index contributed by atoms with van der Waals surface area (Å²) in [6, 6.07) is 86.5. The average Bonchev–Trinajstić information content (AvgIpc) is 1.53. The zero-order valence-electron chi connectivity index (χ0n) is 56.1. The fourth-order valence-electron chi connectivity index (χ4n) is 16.5. The molecule has 0 aliphatic heterocycles. The molecule has 1 aliphatic carbocycles. The van der Waals surface area contributed by atoms with Gasteiger partial charge in [0.2, 0.25) is 0 Å². The van der Waals surface area contributed by atoms with Gasteiger partial charge in [-0.3, -0.25) is 0 Å². The topological polar surface area (TPSA) is 74.1 Å². The molecule has 0 fully saturated rings. The van der Waals surface area contributed by atoms with E-state index in [1.54, 1.807) is 0 Å².